The maximum Gasteiger partial charge on any atom is 0.335 e. The van der Waals surface area contributed by atoms with Crippen molar-refractivity contribution in [1.82, 2.24) is 5.32 Å². The van der Waals surface area contributed by atoms with E-state index in [1.165, 1.54) is 7.11 Å². The number of nitrogens with one attached hydrogen (secondary N) is 1. The number of fused-ring (bicyclic) bond motifs is 1. The van der Waals surface area contributed by atoms with Gasteiger partial charge in [-0.15, -0.1) is 0 Å². The Balaban J connectivity index is 1.48. The Hall–Kier alpha value is -3.06. The monoisotopic (exact) mass is 399 g/mol. The van der Waals surface area contributed by atoms with Gasteiger partial charge in [-0.05, 0) is 36.8 Å². The number of amides is 1. The van der Waals surface area contributed by atoms with Crippen molar-refractivity contribution in [2.75, 3.05) is 20.3 Å². The van der Waals surface area contributed by atoms with E-state index in [4.69, 9.17) is 18.9 Å². The highest BCUT2D eigenvalue weighted by molar-refractivity contribution is 5.97. The lowest BCUT2D eigenvalue weighted by Crippen LogP contribution is -2.44. The Labute approximate surface area is 169 Å². The molecule has 0 saturated heterocycles. The summed E-state index contributed by atoms with van der Waals surface area (Å²) in [4.78, 5) is 23.8. The van der Waals surface area contributed by atoms with Gasteiger partial charge in [0.2, 0.25) is 0 Å². The molecule has 1 N–H and O–H groups in total. The predicted octanol–water partition coefficient (Wildman–Crippen LogP) is 2.72. The number of carbonyl (C=O) groups excluding carboxylic acids is 2. The zero-order valence-electron chi connectivity index (χ0n) is 16.6. The lowest BCUT2D eigenvalue weighted by atomic mass is 10.1. The van der Waals surface area contributed by atoms with Gasteiger partial charge in [-0.3, -0.25) is 4.79 Å². The lowest BCUT2D eigenvalue weighted by molar-refractivity contribution is -0.153. The molecule has 0 fully saturated rings. The zero-order chi connectivity index (χ0) is 20.6. The number of ether oxygens (including phenoxy) is 4. The molecular weight excluding hydrogens is 374 g/mol. The summed E-state index contributed by atoms with van der Waals surface area (Å²) >= 11 is 0. The van der Waals surface area contributed by atoms with Gasteiger partial charge in [0.25, 0.3) is 5.91 Å². The minimum Gasteiger partial charge on any atom is -0.493 e. The van der Waals surface area contributed by atoms with Gasteiger partial charge in [0.05, 0.1) is 19.3 Å². The van der Waals surface area contributed by atoms with Crippen molar-refractivity contribution < 1.29 is 28.5 Å². The predicted molar refractivity (Wildman–Crippen MR) is 106 cm³/mol. The van der Waals surface area contributed by atoms with Crippen molar-refractivity contribution in [2.24, 2.45) is 0 Å². The van der Waals surface area contributed by atoms with Gasteiger partial charge >= 0.3 is 5.97 Å². The average Bonchev–Trinajstić information content (AvgIpc) is 2.74. The molecule has 29 heavy (non-hydrogen) atoms. The maximum absolute atomic E-state index is 12.1. The summed E-state index contributed by atoms with van der Waals surface area (Å²) in [5.41, 5.74) is 1.48. The molecule has 2 unspecified atom stereocenters. The van der Waals surface area contributed by atoms with Crippen LogP contribution in [0.4, 0.5) is 0 Å². The van der Waals surface area contributed by atoms with Crippen LogP contribution in [0.1, 0.15) is 29.3 Å². The van der Waals surface area contributed by atoms with Crippen molar-refractivity contribution in [1.29, 1.82) is 0 Å². The standard InChI is InChI=1S/C22H25NO6/c1-3-27-19(22(25)26-2)14-15-8-10-16(11-9-15)28-13-12-20-23-21(24)17-6-4-5-7-18(17)29-20/h4-11,19-20H,3,12-14H2,1-2H3,(H,23,24). The van der Waals surface area contributed by atoms with Crippen molar-refractivity contribution in [3.05, 3.63) is 59.7 Å². The highest BCUT2D eigenvalue weighted by atomic mass is 16.6. The van der Waals surface area contributed by atoms with Crippen molar-refractivity contribution in [3.63, 3.8) is 0 Å². The lowest BCUT2D eigenvalue weighted by Gasteiger charge is -2.26. The van der Waals surface area contributed by atoms with Crippen molar-refractivity contribution in [2.45, 2.75) is 32.1 Å². The molecule has 7 heteroatoms. The van der Waals surface area contributed by atoms with Crippen LogP contribution in [0.25, 0.3) is 0 Å². The van der Waals surface area contributed by atoms with E-state index < -0.39 is 12.3 Å². The number of hydrogen-bond donors (Lipinski definition) is 1. The van der Waals surface area contributed by atoms with E-state index in [1.807, 2.05) is 37.3 Å². The van der Waals surface area contributed by atoms with E-state index in [0.29, 0.717) is 43.1 Å². The molecule has 2 aromatic carbocycles. The van der Waals surface area contributed by atoms with Gasteiger partial charge in [-0.25, -0.2) is 4.79 Å². The molecule has 0 aliphatic carbocycles. The Morgan fingerprint density at radius 2 is 1.93 bits per heavy atom. The molecule has 0 aromatic heterocycles. The Morgan fingerprint density at radius 3 is 2.66 bits per heavy atom. The van der Waals surface area contributed by atoms with Gasteiger partial charge in [0, 0.05) is 19.4 Å². The molecule has 7 nitrogen and oxygen atoms in total. The number of methoxy groups -OCH3 is 1. The highest BCUT2D eigenvalue weighted by Gasteiger charge is 2.24. The van der Waals surface area contributed by atoms with Crippen LogP contribution >= 0.6 is 0 Å². The fourth-order valence-electron chi connectivity index (χ4n) is 3.06. The molecular formula is C22H25NO6. The topological polar surface area (TPSA) is 83.1 Å². The molecule has 0 spiro atoms. The summed E-state index contributed by atoms with van der Waals surface area (Å²) in [5, 5.41) is 2.82. The molecule has 0 saturated carbocycles. The van der Waals surface area contributed by atoms with Gasteiger partial charge < -0.3 is 24.3 Å². The van der Waals surface area contributed by atoms with Crippen molar-refractivity contribution >= 4 is 11.9 Å². The fraction of sp³-hybridized carbons (Fsp3) is 0.364. The van der Waals surface area contributed by atoms with Crippen LogP contribution in [-0.4, -0.2) is 44.5 Å². The second kappa shape index (κ2) is 9.93. The van der Waals surface area contributed by atoms with Gasteiger partial charge in [-0.1, -0.05) is 24.3 Å². The number of hydrogen-bond acceptors (Lipinski definition) is 6. The van der Waals surface area contributed by atoms with Crippen LogP contribution in [0.3, 0.4) is 0 Å². The molecule has 154 valence electrons. The largest absolute Gasteiger partial charge is 0.493 e. The summed E-state index contributed by atoms with van der Waals surface area (Å²) in [6.07, 6.45) is -0.103. The molecule has 0 bridgehead atoms. The van der Waals surface area contributed by atoms with E-state index in [-0.39, 0.29) is 11.9 Å². The van der Waals surface area contributed by atoms with E-state index in [2.05, 4.69) is 5.32 Å². The van der Waals surface area contributed by atoms with Crippen LogP contribution in [0, 0.1) is 0 Å². The van der Waals surface area contributed by atoms with E-state index in [9.17, 15) is 9.59 Å². The summed E-state index contributed by atoms with van der Waals surface area (Å²) in [6, 6.07) is 14.6. The minimum absolute atomic E-state index is 0.143. The number of benzene rings is 2. The second-order valence-electron chi connectivity index (χ2n) is 6.53. The third-order valence-corrected chi connectivity index (χ3v) is 4.52. The van der Waals surface area contributed by atoms with Crippen LogP contribution in [0.5, 0.6) is 11.5 Å². The molecule has 2 atom stereocenters. The summed E-state index contributed by atoms with van der Waals surface area (Å²) in [7, 11) is 1.35. The van der Waals surface area contributed by atoms with Crippen LogP contribution in [0.15, 0.2) is 48.5 Å². The van der Waals surface area contributed by atoms with Gasteiger partial charge in [0.1, 0.15) is 11.5 Å². The normalized spacial score (nSPS) is 16.2. The number of rotatable bonds is 9. The quantitative estimate of drug-likeness (QED) is 0.653. The first kappa shape index (κ1) is 20.7. The smallest absolute Gasteiger partial charge is 0.335 e. The maximum atomic E-state index is 12.1. The summed E-state index contributed by atoms with van der Waals surface area (Å²) in [5.74, 6) is 0.751. The average molecular weight is 399 g/mol. The molecule has 2 aromatic rings. The Bertz CT molecular complexity index is 835. The summed E-state index contributed by atoms with van der Waals surface area (Å²) in [6.45, 7) is 2.66. The molecule has 1 aliphatic rings. The van der Waals surface area contributed by atoms with Crippen LogP contribution in [-0.2, 0) is 20.7 Å². The van der Waals surface area contributed by atoms with Crippen molar-refractivity contribution in [3.8, 4) is 11.5 Å². The summed E-state index contributed by atoms with van der Waals surface area (Å²) < 4.78 is 21.8. The molecule has 3 rings (SSSR count). The Kier molecular flexibility index (Phi) is 7.08. The highest BCUT2D eigenvalue weighted by Crippen LogP contribution is 2.23. The van der Waals surface area contributed by atoms with Crippen LogP contribution in [0.2, 0.25) is 0 Å². The van der Waals surface area contributed by atoms with Crippen LogP contribution < -0.4 is 14.8 Å². The number of esters is 1. The van der Waals surface area contributed by atoms with E-state index in [0.717, 1.165) is 5.56 Å². The first-order valence-electron chi connectivity index (χ1n) is 9.58. The Morgan fingerprint density at radius 1 is 1.17 bits per heavy atom. The van der Waals surface area contributed by atoms with Gasteiger partial charge in [0.15, 0.2) is 12.3 Å². The molecule has 1 aliphatic heterocycles. The third kappa shape index (κ3) is 5.48. The third-order valence-electron chi connectivity index (χ3n) is 4.52. The number of para-hydroxylation sites is 1. The first-order chi connectivity index (χ1) is 14.1. The van der Waals surface area contributed by atoms with E-state index in [1.54, 1.807) is 18.2 Å². The first-order valence-corrected chi connectivity index (χ1v) is 9.58. The zero-order valence-corrected chi connectivity index (χ0v) is 16.6. The molecule has 1 heterocycles. The SMILES string of the molecule is CCOC(Cc1ccc(OCCC2NC(=O)c3ccccc3O2)cc1)C(=O)OC. The van der Waals surface area contributed by atoms with E-state index >= 15 is 0 Å². The minimum atomic E-state index is -0.619. The molecule has 1 amide bonds. The van der Waals surface area contributed by atoms with Gasteiger partial charge in [-0.2, -0.15) is 0 Å². The second-order valence-corrected chi connectivity index (χ2v) is 6.53. The molecule has 0 radical (unpaired) electrons. The number of carbonyl (C=O) groups is 2. The fourth-order valence-corrected chi connectivity index (χ4v) is 3.06.